The first-order valence-electron chi connectivity index (χ1n) is 7.21. The number of rotatable bonds is 12. The van der Waals surface area contributed by atoms with Crippen molar-refractivity contribution in [3.05, 3.63) is 0 Å². The highest BCUT2D eigenvalue weighted by Crippen LogP contribution is 2.14. The molecule has 0 heterocycles. The number of hydrogen-bond donors (Lipinski definition) is 0. The third-order valence-corrected chi connectivity index (χ3v) is 3.63. The maximum Gasteiger partial charge on any atom is 0.138 e. The molecule has 0 radical (unpaired) electrons. The van der Waals surface area contributed by atoms with E-state index in [1.54, 1.807) is 0 Å². The van der Waals surface area contributed by atoms with Crippen LogP contribution in [0.3, 0.4) is 0 Å². The van der Waals surface area contributed by atoms with E-state index >= 15 is 0 Å². The van der Waals surface area contributed by atoms with Gasteiger partial charge < -0.3 is 0 Å². The molecule has 0 aliphatic rings. The minimum absolute atomic E-state index is 0.164. The number of ketones is 1. The van der Waals surface area contributed by atoms with Gasteiger partial charge >= 0.3 is 0 Å². The lowest BCUT2D eigenvalue weighted by atomic mass is 9.97. The molecule has 18 heavy (non-hydrogen) atoms. The molecule has 0 saturated carbocycles. The zero-order chi connectivity index (χ0) is 13.6. The Morgan fingerprint density at radius 1 is 1.11 bits per heavy atom. The second kappa shape index (κ2) is 12.9. The van der Waals surface area contributed by atoms with Crippen LogP contribution in [0.1, 0.15) is 71.1 Å². The van der Waals surface area contributed by atoms with Crippen molar-refractivity contribution in [2.45, 2.75) is 71.1 Å². The van der Waals surface area contributed by atoms with Gasteiger partial charge in [-0.2, -0.15) is 5.26 Å². The molecule has 0 bridgehead atoms. The molecular formula is C15H26ClNO. The van der Waals surface area contributed by atoms with Crippen LogP contribution in [0.15, 0.2) is 0 Å². The van der Waals surface area contributed by atoms with Crippen molar-refractivity contribution in [2.24, 2.45) is 5.92 Å². The maximum absolute atomic E-state index is 11.7. The van der Waals surface area contributed by atoms with Gasteiger partial charge in [-0.25, -0.2) is 0 Å². The Morgan fingerprint density at radius 3 is 2.17 bits per heavy atom. The minimum Gasteiger partial charge on any atom is -0.299 e. The molecule has 3 heteroatoms. The molecule has 0 spiro atoms. The molecule has 0 saturated heterocycles. The molecule has 0 N–H and O–H groups in total. The molecule has 0 rings (SSSR count). The van der Waals surface area contributed by atoms with E-state index in [4.69, 9.17) is 16.9 Å². The Bertz CT molecular complexity index is 247. The van der Waals surface area contributed by atoms with Gasteiger partial charge in [0.05, 0.1) is 6.07 Å². The number of nitriles is 1. The van der Waals surface area contributed by atoms with E-state index in [0.29, 0.717) is 6.42 Å². The Hall–Kier alpha value is -0.550. The standard InChI is InChI=1S/C15H26ClNO/c1-2-3-4-5-6-7-8-9-10-15(18)14(13-16)11-12-17/h14H,2-11,13H2,1H3. The summed E-state index contributed by atoms with van der Waals surface area (Å²) < 4.78 is 0. The van der Waals surface area contributed by atoms with Gasteiger partial charge in [-0.15, -0.1) is 11.6 Å². The highest BCUT2D eigenvalue weighted by atomic mass is 35.5. The average Bonchev–Trinajstić information content (AvgIpc) is 2.38. The molecule has 0 aliphatic heterocycles. The van der Waals surface area contributed by atoms with Crippen LogP contribution in [0.2, 0.25) is 0 Å². The highest BCUT2D eigenvalue weighted by Gasteiger charge is 2.15. The normalized spacial score (nSPS) is 12.1. The van der Waals surface area contributed by atoms with E-state index in [2.05, 4.69) is 6.92 Å². The van der Waals surface area contributed by atoms with Crippen molar-refractivity contribution in [1.82, 2.24) is 0 Å². The van der Waals surface area contributed by atoms with Crippen molar-refractivity contribution < 1.29 is 4.79 Å². The number of carbonyl (C=O) groups is 1. The maximum atomic E-state index is 11.7. The summed E-state index contributed by atoms with van der Waals surface area (Å²) in [4.78, 5) is 11.7. The molecule has 1 unspecified atom stereocenters. The Morgan fingerprint density at radius 2 is 1.67 bits per heavy atom. The van der Waals surface area contributed by atoms with Crippen LogP contribution in [0.5, 0.6) is 0 Å². The highest BCUT2D eigenvalue weighted by molar-refractivity contribution is 6.19. The Labute approximate surface area is 117 Å². The topological polar surface area (TPSA) is 40.9 Å². The monoisotopic (exact) mass is 271 g/mol. The zero-order valence-corrected chi connectivity index (χ0v) is 12.3. The number of Topliss-reactive ketones (excluding diaryl/α,β-unsaturated/α-hetero) is 1. The lowest BCUT2D eigenvalue weighted by Gasteiger charge is -2.08. The molecule has 2 nitrogen and oxygen atoms in total. The Balaban J connectivity index is 3.42. The summed E-state index contributed by atoms with van der Waals surface area (Å²) in [6, 6.07) is 2.02. The molecule has 0 fully saturated rings. The van der Waals surface area contributed by atoms with Crippen LogP contribution in [-0.4, -0.2) is 11.7 Å². The summed E-state index contributed by atoms with van der Waals surface area (Å²) in [5.41, 5.74) is 0. The predicted molar refractivity (Wildman–Crippen MR) is 76.7 cm³/mol. The molecule has 0 amide bonds. The van der Waals surface area contributed by atoms with Crippen molar-refractivity contribution in [3.63, 3.8) is 0 Å². The fourth-order valence-electron chi connectivity index (χ4n) is 2.00. The first-order chi connectivity index (χ1) is 8.76. The van der Waals surface area contributed by atoms with E-state index < -0.39 is 0 Å². The summed E-state index contributed by atoms with van der Waals surface area (Å²) in [6.07, 6.45) is 10.7. The second-order valence-corrected chi connectivity index (χ2v) is 5.21. The van der Waals surface area contributed by atoms with Crippen LogP contribution in [0.25, 0.3) is 0 Å². The van der Waals surface area contributed by atoms with Gasteiger partial charge in [0.15, 0.2) is 0 Å². The van der Waals surface area contributed by atoms with Crippen LogP contribution in [0.4, 0.5) is 0 Å². The number of unbranched alkanes of at least 4 members (excludes halogenated alkanes) is 7. The summed E-state index contributed by atoms with van der Waals surface area (Å²) in [6.45, 7) is 2.22. The number of hydrogen-bond acceptors (Lipinski definition) is 2. The van der Waals surface area contributed by atoms with E-state index in [1.807, 2.05) is 6.07 Å². The predicted octanol–water partition coefficient (Wildman–Crippen LogP) is 4.85. The van der Waals surface area contributed by atoms with E-state index in [9.17, 15) is 4.79 Å². The van der Waals surface area contributed by atoms with Gasteiger partial charge in [-0.05, 0) is 6.42 Å². The van der Waals surface area contributed by atoms with Crippen molar-refractivity contribution >= 4 is 17.4 Å². The van der Waals surface area contributed by atoms with Crippen LogP contribution in [-0.2, 0) is 4.79 Å². The molecule has 1 atom stereocenters. The smallest absolute Gasteiger partial charge is 0.138 e. The lowest BCUT2D eigenvalue weighted by Crippen LogP contribution is -2.15. The van der Waals surface area contributed by atoms with Crippen molar-refractivity contribution in [1.29, 1.82) is 5.26 Å². The molecule has 0 aromatic heterocycles. The quantitative estimate of drug-likeness (QED) is 0.376. The fraction of sp³-hybridized carbons (Fsp3) is 0.867. The zero-order valence-electron chi connectivity index (χ0n) is 11.6. The van der Waals surface area contributed by atoms with Crippen LogP contribution >= 0.6 is 11.6 Å². The summed E-state index contributed by atoms with van der Waals surface area (Å²) in [7, 11) is 0. The number of alkyl halides is 1. The van der Waals surface area contributed by atoms with Crippen molar-refractivity contribution in [2.75, 3.05) is 5.88 Å². The minimum atomic E-state index is -0.249. The van der Waals surface area contributed by atoms with Gasteiger partial charge in [-0.3, -0.25) is 4.79 Å². The van der Waals surface area contributed by atoms with Crippen LogP contribution < -0.4 is 0 Å². The summed E-state index contributed by atoms with van der Waals surface area (Å²) >= 11 is 5.68. The number of nitrogens with zero attached hydrogens (tertiary/aromatic N) is 1. The molecule has 0 aliphatic carbocycles. The summed E-state index contributed by atoms with van der Waals surface area (Å²) in [5.74, 6) is 0.197. The van der Waals surface area contributed by atoms with Gasteiger partial charge in [0.2, 0.25) is 0 Å². The number of halogens is 1. The van der Waals surface area contributed by atoms with Gasteiger partial charge in [0.25, 0.3) is 0 Å². The largest absolute Gasteiger partial charge is 0.299 e. The molecular weight excluding hydrogens is 246 g/mol. The molecule has 0 aromatic rings. The van der Waals surface area contributed by atoms with Gasteiger partial charge in [0.1, 0.15) is 5.78 Å². The van der Waals surface area contributed by atoms with Crippen molar-refractivity contribution in [3.8, 4) is 6.07 Å². The van der Waals surface area contributed by atoms with Gasteiger partial charge in [-0.1, -0.05) is 51.9 Å². The Kier molecular flexibility index (Phi) is 12.5. The fourth-order valence-corrected chi connectivity index (χ4v) is 2.28. The summed E-state index contributed by atoms with van der Waals surface area (Å²) in [5, 5.41) is 8.57. The molecule has 0 aromatic carbocycles. The van der Waals surface area contributed by atoms with E-state index in [1.165, 1.54) is 38.5 Å². The third kappa shape index (κ3) is 9.48. The SMILES string of the molecule is CCCCCCCCCCC(=O)C(CCl)CC#N. The van der Waals surface area contributed by atoms with E-state index in [0.717, 1.165) is 12.8 Å². The van der Waals surface area contributed by atoms with Gasteiger partial charge in [0, 0.05) is 24.6 Å². The van der Waals surface area contributed by atoms with Crippen LogP contribution in [0, 0.1) is 17.2 Å². The molecule has 104 valence electrons. The number of carbonyl (C=O) groups excluding carboxylic acids is 1. The second-order valence-electron chi connectivity index (χ2n) is 4.90. The average molecular weight is 272 g/mol. The first-order valence-corrected chi connectivity index (χ1v) is 7.75. The third-order valence-electron chi connectivity index (χ3n) is 3.26. The first kappa shape index (κ1) is 17.4. The lowest BCUT2D eigenvalue weighted by molar-refractivity contribution is -0.122. The van der Waals surface area contributed by atoms with E-state index in [-0.39, 0.29) is 24.0 Å².